The van der Waals surface area contributed by atoms with Crippen LogP contribution in [0.1, 0.15) is 117 Å². The summed E-state index contributed by atoms with van der Waals surface area (Å²) in [7, 11) is 3.06. The molecule has 4 N–H and O–H groups in total. The number of nitrogens with two attached hydrogens (primary N) is 1. The Kier molecular flexibility index (Phi) is 22.2. The summed E-state index contributed by atoms with van der Waals surface area (Å²) in [6.07, 6.45) is 3.71. The third-order valence-corrected chi connectivity index (χ3v) is 14.2. The highest BCUT2D eigenvalue weighted by atomic mass is 31.2. The summed E-state index contributed by atoms with van der Waals surface area (Å²) in [5.41, 5.74) is 6.61. The number of hydrogen-bond acceptors (Lipinski definition) is 10. The molecule has 404 valence electrons. The molecule has 0 bridgehead atoms. The summed E-state index contributed by atoms with van der Waals surface area (Å²) >= 11 is 0. The Labute approximate surface area is 450 Å². The van der Waals surface area contributed by atoms with Crippen LogP contribution in [0.5, 0.6) is 11.5 Å². The zero-order valence-corrected chi connectivity index (χ0v) is 45.8. The van der Waals surface area contributed by atoms with Crippen LogP contribution in [0, 0.1) is 17.3 Å². The molecule has 1 fully saturated rings. The fraction of sp³-hybridized carbons (Fsp3) is 0.467. The quantitative estimate of drug-likeness (QED) is 0.0104. The molecule has 0 heterocycles. The number of benzene rings is 5. The molecule has 5 aromatic carbocycles. The number of hydrogen-bond donors (Lipinski definition) is 3. The number of nitrogens with one attached hydrogen (secondary N) is 2. The van der Waals surface area contributed by atoms with Crippen molar-refractivity contribution in [2.24, 2.45) is 28.0 Å². The van der Waals surface area contributed by atoms with Gasteiger partial charge in [0.15, 0.2) is 19.1 Å². The summed E-state index contributed by atoms with van der Waals surface area (Å²) in [6, 6.07) is 32.2. The first-order valence-electron chi connectivity index (χ1n) is 26.7. The van der Waals surface area contributed by atoms with Crippen molar-refractivity contribution in [2.75, 3.05) is 32.5 Å². The number of amidine groups is 1. The predicted molar refractivity (Wildman–Crippen MR) is 302 cm³/mol. The van der Waals surface area contributed by atoms with Gasteiger partial charge < -0.3 is 35.3 Å². The molecule has 0 saturated heterocycles. The lowest BCUT2D eigenvalue weighted by Gasteiger charge is -2.29. The zero-order valence-electron chi connectivity index (χ0n) is 44.9. The van der Waals surface area contributed by atoms with Crippen molar-refractivity contribution in [1.29, 1.82) is 0 Å². The summed E-state index contributed by atoms with van der Waals surface area (Å²) in [4.78, 5) is 74.2. The Balaban J connectivity index is 1.25. The molecule has 16 heteroatoms. The lowest BCUT2D eigenvalue weighted by molar-refractivity contribution is -0.159. The lowest BCUT2D eigenvalue weighted by atomic mass is 9.79. The monoisotopic (exact) mass is 1060 g/mol. The van der Waals surface area contributed by atoms with Gasteiger partial charge in [-0.2, -0.15) is 0 Å². The van der Waals surface area contributed by atoms with E-state index in [0.717, 1.165) is 57.5 Å². The maximum Gasteiger partial charge on any atom is 0.407 e. The number of alkyl carbamates (subject to hydrolysis) is 1. The van der Waals surface area contributed by atoms with E-state index in [2.05, 4.69) is 35.5 Å². The van der Waals surface area contributed by atoms with E-state index in [1.807, 2.05) is 97.1 Å². The lowest BCUT2D eigenvalue weighted by Crippen LogP contribution is -2.46. The van der Waals surface area contributed by atoms with Gasteiger partial charge in [-0.15, -0.1) is 0 Å². The highest BCUT2D eigenvalue weighted by Gasteiger charge is 2.45. The maximum absolute atomic E-state index is 14.7. The van der Waals surface area contributed by atoms with Crippen LogP contribution >= 0.6 is 8.11 Å². The minimum absolute atomic E-state index is 0.0550. The van der Waals surface area contributed by atoms with E-state index >= 15 is 0 Å². The Morgan fingerprint density at radius 2 is 1.41 bits per heavy atom. The number of carbonyl (C=O) groups excluding carboxylic acids is 5. The van der Waals surface area contributed by atoms with Crippen molar-refractivity contribution >= 4 is 72.6 Å². The molecule has 1 aliphatic carbocycles. The van der Waals surface area contributed by atoms with E-state index in [-0.39, 0.29) is 75.6 Å². The van der Waals surface area contributed by atoms with Gasteiger partial charge >= 0.3 is 12.1 Å². The molecule has 0 aromatic heterocycles. The molecule has 1 aliphatic rings. The number of fused-ring (bicyclic) bond motifs is 2. The highest BCUT2D eigenvalue weighted by Crippen LogP contribution is 2.46. The first-order valence-corrected chi connectivity index (χ1v) is 28.2. The largest absolute Gasteiger partial charge is 0.493 e. The molecule has 5 aromatic rings. The molecular weight excluding hydrogens is 981 g/mol. The number of halogens is 1. The SMILES string of the molecule is [B]P(F)CC(N)=NCCC[C@@H](NC(=O)[C@@H](CCCCNC(=O)OC(C)(C)C)CC(=O)COc1ccc2ccccc2c1-c1c(OCCC(C)C)ccc2ccccc12)C(=O)CC1(C(=O)OCc2ccccc2)CCCC1. The van der Waals surface area contributed by atoms with E-state index < -0.39 is 49.1 Å². The number of esters is 1. The number of carbonyl (C=O) groups is 5. The number of nitrogens with zero attached hydrogens (tertiary/aromatic N) is 1. The van der Waals surface area contributed by atoms with E-state index in [1.54, 1.807) is 20.8 Å². The third kappa shape index (κ3) is 17.9. The topological polar surface area (TPSA) is 185 Å². The van der Waals surface area contributed by atoms with Crippen LogP contribution < -0.4 is 25.8 Å². The van der Waals surface area contributed by atoms with Crippen LogP contribution in [0.3, 0.4) is 0 Å². The van der Waals surface area contributed by atoms with Gasteiger partial charge in [0.1, 0.15) is 30.3 Å². The minimum Gasteiger partial charge on any atom is -0.493 e. The first-order chi connectivity index (χ1) is 36.4. The Bertz CT molecular complexity index is 2780. The average molecular weight is 1060 g/mol. The average Bonchev–Trinajstić information content (AvgIpc) is 3.86. The van der Waals surface area contributed by atoms with Gasteiger partial charge in [0, 0.05) is 57.2 Å². The summed E-state index contributed by atoms with van der Waals surface area (Å²) < 4.78 is 37.9. The number of ether oxygens (including phenoxy) is 4. The van der Waals surface area contributed by atoms with E-state index in [0.29, 0.717) is 56.1 Å². The van der Waals surface area contributed by atoms with E-state index in [9.17, 15) is 28.2 Å². The molecule has 76 heavy (non-hydrogen) atoms. The van der Waals surface area contributed by atoms with Crippen molar-refractivity contribution in [2.45, 2.75) is 130 Å². The molecule has 3 atom stereocenters. The number of aliphatic imine (C=N–C) groups is 1. The van der Waals surface area contributed by atoms with Crippen LogP contribution in [0.2, 0.25) is 0 Å². The van der Waals surface area contributed by atoms with Gasteiger partial charge in [-0.3, -0.25) is 24.2 Å². The van der Waals surface area contributed by atoms with Crippen molar-refractivity contribution < 1.29 is 47.1 Å². The van der Waals surface area contributed by atoms with Gasteiger partial charge in [0.2, 0.25) is 5.91 Å². The summed E-state index contributed by atoms with van der Waals surface area (Å²) in [5.74, 6) is -0.916. The smallest absolute Gasteiger partial charge is 0.407 e. The van der Waals surface area contributed by atoms with Crippen LogP contribution in [0.25, 0.3) is 32.7 Å². The number of rotatable bonds is 29. The Hall–Kier alpha value is -6.34. The maximum atomic E-state index is 14.7. The van der Waals surface area contributed by atoms with Crippen LogP contribution in [-0.4, -0.2) is 87.0 Å². The van der Waals surface area contributed by atoms with Crippen molar-refractivity contribution in [3.63, 3.8) is 0 Å². The second-order valence-electron chi connectivity index (χ2n) is 21.3. The standard InChI is InChI=1S/C60H75BFN4O9P/c1-41(2)30-35-72-51-28-26-43-20-9-11-23-47(43)54(51)55-48-24-12-10-21-44(48)27-29-52(55)73-39-46(67)36-45(22-13-16-33-65-58(71)75-59(3,4)5)56(69)66-49(25-17-34-64-53(63)40-76(61)62)50(68)37-60(31-14-15-32-60)57(70)74-38-42-18-7-6-8-19-42/h6-12,18-21,23-24,26-29,41,45,49H,13-17,22,25,30-40H2,1-5H3,(H2,63,64)(H,65,71)(H,66,69)/t45-,49+,76?/m0/s1. The number of ketones is 2. The van der Waals surface area contributed by atoms with Gasteiger partial charge in [-0.05, 0) is 111 Å². The second kappa shape index (κ2) is 28.7. The second-order valence-corrected chi connectivity index (χ2v) is 22.4. The van der Waals surface area contributed by atoms with Crippen LogP contribution in [-0.2, 0) is 35.3 Å². The van der Waals surface area contributed by atoms with Crippen molar-refractivity contribution in [1.82, 2.24) is 10.6 Å². The van der Waals surface area contributed by atoms with Crippen molar-refractivity contribution in [3.8, 4) is 22.6 Å². The van der Waals surface area contributed by atoms with Gasteiger partial charge in [0.05, 0.1) is 23.9 Å². The van der Waals surface area contributed by atoms with Gasteiger partial charge in [-0.1, -0.05) is 124 Å². The van der Waals surface area contributed by atoms with Crippen molar-refractivity contribution in [3.05, 3.63) is 109 Å². The fourth-order valence-electron chi connectivity index (χ4n) is 9.67. The first kappa shape index (κ1) is 58.9. The molecule has 1 unspecified atom stereocenters. The molecule has 0 aliphatic heterocycles. The normalized spacial score (nSPS) is 14.7. The Morgan fingerprint density at radius 3 is 2.03 bits per heavy atom. The van der Waals surface area contributed by atoms with E-state index in [4.69, 9.17) is 32.2 Å². The minimum atomic E-state index is -2.29. The molecule has 1 saturated carbocycles. The fourth-order valence-corrected chi connectivity index (χ4v) is 10.1. The summed E-state index contributed by atoms with van der Waals surface area (Å²) in [6.45, 7) is 10.3. The molecule has 13 nitrogen and oxygen atoms in total. The molecule has 2 radical (unpaired) electrons. The summed E-state index contributed by atoms with van der Waals surface area (Å²) in [5, 5.41) is 9.61. The third-order valence-electron chi connectivity index (χ3n) is 13.6. The predicted octanol–water partition coefficient (Wildman–Crippen LogP) is 12.1. The molecular formula is C60H75BFN4O9P. The Morgan fingerprint density at radius 1 is 0.789 bits per heavy atom. The van der Waals surface area contributed by atoms with Gasteiger partial charge in [0.25, 0.3) is 0 Å². The van der Waals surface area contributed by atoms with E-state index in [1.165, 1.54) is 0 Å². The molecule has 2 amide bonds. The number of Topliss-reactive ketones (excluding diaryl/α,β-unsaturated/α-hetero) is 2. The van der Waals surface area contributed by atoms with Gasteiger partial charge in [-0.25, -0.2) is 8.99 Å². The highest BCUT2D eigenvalue weighted by molar-refractivity contribution is 7.78. The molecule has 0 spiro atoms. The van der Waals surface area contributed by atoms with Crippen LogP contribution in [0.4, 0.5) is 8.99 Å². The number of unbranched alkanes of at least 4 members (excludes halogenated alkanes) is 1. The van der Waals surface area contributed by atoms with Crippen LogP contribution in [0.15, 0.2) is 108 Å². The molecule has 6 rings (SSSR count). The zero-order chi connectivity index (χ0) is 54.7. The number of amides is 2.